The van der Waals surface area contributed by atoms with Gasteiger partial charge >= 0.3 is 0 Å². The van der Waals surface area contributed by atoms with Crippen molar-refractivity contribution < 1.29 is 14.3 Å². The van der Waals surface area contributed by atoms with Gasteiger partial charge in [-0.2, -0.15) is 9.97 Å². The molecule has 0 atom stereocenters. The van der Waals surface area contributed by atoms with Crippen molar-refractivity contribution in [3.63, 3.8) is 0 Å². The minimum atomic E-state index is -0.106. The molecule has 0 saturated carbocycles. The van der Waals surface area contributed by atoms with Crippen molar-refractivity contribution in [1.29, 1.82) is 0 Å². The van der Waals surface area contributed by atoms with Crippen molar-refractivity contribution in [2.24, 2.45) is 0 Å². The molecule has 0 aliphatic rings. The standard InChI is InChI=1S/C21H23N5O3S2/c1-13-9-14(2)23-21(22-13)31-12-18(27)24-15-5-7-16(8-6-15)30-11-17-25-19(28-3)10-20(26-17)29-4/h5-10H,11-12H2,1-4H3,(H,24,27). The summed E-state index contributed by atoms with van der Waals surface area (Å²) in [5, 5.41) is 3.50. The van der Waals surface area contributed by atoms with Crippen molar-refractivity contribution in [2.75, 3.05) is 25.3 Å². The Morgan fingerprint density at radius 1 is 0.903 bits per heavy atom. The highest BCUT2D eigenvalue weighted by Gasteiger charge is 2.08. The van der Waals surface area contributed by atoms with Crippen LogP contribution in [0.25, 0.3) is 0 Å². The van der Waals surface area contributed by atoms with E-state index in [4.69, 9.17) is 9.47 Å². The van der Waals surface area contributed by atoms with Gasteiger partial charge in [-0.3, -0.25) is 4.79 Å². The van der Waals surface area contributed by atoms with Crippen LogP contribution >= 0.6 is 23.5 Å². The minimum Gasteiger partial charge on any atom is -0.481 e. The fourth-order valence-electron chi connectivity index (χ4n) is 2.59. The second kappa shape index (κ2) is 11.0. The molecule has 0 aliphatic heterocycles. The molecule has 0 fully saturated rings. The van der Waals surface area contributed by atoms with Gasteiger partial charge in [-0.25, -0.2) is 9.97 Å². The molecular weight excluding hydrogens is 434 g/mol. The van der Waals surface area contributed by atoms with E-state index >= 15 is 0 Å². The summed E-state index contributed by atoms with van der Waals surface area (Å²) in [5.74, 6) is 2.24. The number of carbonyl (C=O) groups is 1. The molecule has 3 rings (SSSR count). The number of hydrogen-bond donors (Lipinski definition) is 1. The molecule has 1 amide bonds. The third-order valence-electron chi connectivity index (χ3n) is 3.94. The Kier molecular flexibility index (Phi) is 8.07. The number of methoxy groups -OCH3 is 2. The fourth-order valence-corrected chi connectivity index (χ4v) is 4.09. The number of hydrogen-bond acceptors (Lipinski definition) is 9. The number of nitrogens with one attached hydrogen (secondary N) is 1. The largest absolute Gasteiger partial charge is 0.481 e. The Bertz CT molecular complexity index is 1010. The zero-order chi connectivity index (χ0) is 22.2. The Balaban J connectivity index is 1.51. The lowest BCUT2D eigenvalue weighted by Gasteiger charge is -2.08. The number of ether oxygens (including phenoxy) is 2. The van der Waals surface area contributed by atoms with E-state index in [1.165, 1.54) is 11.8 Å². The number of aromatic nitrogens is 4. The van der Waals surface area contributed by atoms with E-state index in [2.05, 4.69) is 25.3 Å². The highest BCUT2D eigenvalue weighted by atomic mass is 32.2. The molecule has 31 heavy (non-hydrogen) atoms. The fraction of sp³-hybridized carbons (Fsp3) is 0.286. The Labute approximate surface area is 189 Å². The topological polar surface area (TPSA) is 99.1 Å². The average molecular weight is 458 g/mol. The van der Waals surface area contributed by atoms with E-state index < -0.39 is 0 Å². The smallest absolute Gasteiger partial charge is 0.234 e. The van der Waals surface area contributed by atoms with Crippen molar-refractivity contribution in [3.8, 4) is 11.8 Å². The average Bonchev–Trinajstić information content (AvgIpc) is 2.76. The van der Waals surface area contributed by atoms with Crippen LogP contribution in [-0.4, -0.2) is 45.8 Å². The van der Waals surface area contributed by atoms with Crippen LogP contribution in [0.3, 0.4) is 0 Å². The Morgan fingerprint density at radius 2 is 1.52 bits per heavy atom. The number of rotatable bonds is 9. The van der Waals surface area contributed by atoms with Gasteiger partial charge in [-0.05, 0) is 44.2 Å². The summed E-state index contributed by atoms with van der Waals surface area (Å²) in [6.45, 7) is 3.82. The molecule has 10 heteroatoms. The number of carbonyl (C=O) groups excluding carboxylic acids is 1. The highest BCUT2D eigenvalue weighted by Crippen LogP contribution is 2.25. The molecule has 8 nitrogen and oxygen atoms in total. The van der Waals surface area contributed by atoms with Gasteiger partial charge in [-0.1, -0.05) is 11.8 Å². The first kappa shape index (κ1) is 22.8. The van der Waals surface area contributed by atoms with Gasteiger partial charge in [-0.15, -0.1) is 11.8 Å². The zero-order valence-electron chi connectivity index (χ0n) is 17.7. The van der Waals surface area contributed by atoms with Crippen molar-refractivity contribution in [3.05, 3.63) is 53.6 Å². The molecule has 1 N–H and O–H groups in total. The number of benzene rings is 1. The van der Waals surface area contributed by atoms with E-state index in [0.717, 1.165) is 22.0 Å². The number of nitrogens with zero attached hydrogens (tertiary/aromatic N) is 4. The number of anilines is 1. The summed E-state index contributed by atoms with van der Waals surface area (Å²) in [6, 6.07) is 11.2. The third-order valence-corrected chi connectivity index (χ3v) is 5.80. The number of thioether (sulfide) groups is 2. The Hall–Kier alpha value is -2.85. The molecule has 0 bridgehead atoms. The zero-order valence-corrected chi connectivity index (χ0v) is 19.3. The van der Waals surface area contributed by atoms with Gasteiger partial charge < -0.3 is 14.8 Å². The molecule has 3 aromatic rings. The predicted molar refractivity (Wildman–Crippen MR) is 122 cm³/mol. The number of aryl methyl sites for hydroxylation is 2. The second-order valence-corrected chi connectivity index (χ2v) is 8.44. The monoisotopic (exact) mass is 457 g/mol. The highest BCUT2D eigenvalue weighted by molar-refractivity contribution is 7.99. The minimum absolute atomic E-state index is 0.106. The summed E-state index contributed by atoms with van der Waals surface area (Å²) < 4.78 is 10.3. The molecule has 0 radical (unpaired) electrons. The van der Waals surface area contributed by atoms with Crippen LogP contribution in [0.1, 0.15) is 17.2 Å². The van der Waals surface area contributed by atoms with Crippen molar-refractivity contribution in [1.82, 2.24) is 19.9 Å². The van der Waals surface area contributed by atoms with Gasteiger partial charge in [0.2, 0.25) is 17.7 Å². The van der Waals surface area contributed by atoms with E-state index in [1.54, 1.807) is 32.0 Å². The molecule has 0 spiro atoms. The normalized spacial score (nSPS) is 10.6. The van der Waals surface area contributed by atoms with Crippen LogP contribution in [0.4, 0.5) is 5.69 Å². The van der Waals surface area contributed by atoms with Crippen LogP contribution in [0.2, 0.25) is 0 Å². The van der Waals surface area contributed by atoms with Crippen LogP contribution < -0.4 is 14.8 Å². The van der Waals surface area contributed by atoms with Gasteiger partial charge in [0.15, 0.2) is 5.16 Å². The first-order valence-corrected chi connectivity index (χ1v) is 11.4. The van der Waals surface area contributed by atoms with Crippen LogP contribution in [0.15, 0.2) is 46.5 Å². The maximum atomic E-state index is 12.2. The third kappa shape index (κ3) is 7.11. The summed E-state index contributed by atoms with van der Waals surface area (Å²) in [6.07, 6.45) is 0. The lowest BCUT2D eigenvalue weighted by Crippen LogP contribution is -2.14. The van der Waals surface area contributed by atoms with E-state index in [-0.39, 0.29) is 11.7 Å². The molecule has 0 aliphatic carbocycles. The second-order valence-electron chi connectivity index (χ2n) is 6.45. The van der Waals surface area contributed by atoms with Crippen molar-refractivity contribution in [2.45, 2.75) is 29.7 Å². The predicted octanol–water partition coefficient (Wildman–Crippen LogP) is 3.92. The quantitative estimate of drug-likeness (QED) is 0.378. The maximum absolute atomic E-state index is 12.2. The molecular formula is C21H23N5O3S2. The number of amides is 1. The lowest BCUT2D eigenvalue weighted by molar-refractivity contribution is -0.113. The van der Waals surface area contributed by atoms with Gasteiger partial charge in [0.05, 0.1) is 31.8 Å². The van der Waals surface area contributed by atoms with Crippen molar-refractivity contribution >= 4 is 35.1 Å². The maximum Gasteiger partial charge on any atom is 0.234 e. The first-order valence-electron chi connectivity index (χ1n) is 9.39. The van der Waals surface area contributed by atoms with E-state index in [9.17, 15) is 4.79 Å². The molecule has 0 unspecified atom stereocenters. The Morgan fingerprint density at radius 3 is 2.10 bits per heavy atom. The lowest BCUT2D eigenvalue weighted by atomic mass is 10.3. The van der Waals surface area contributed by atoms with E-state index in [0.29, 0.717) is 28.5 Å². The summed E-state index contributed by atoms with van der Waals surface area (Å²) in [4.78, 5) is 30.6. The summed E-state index contributed by atoms with van der Waals surface area (Å²) >= 11 is 2.90. The van der Waals surface area contributed by atoms with Gasteiger partial charge in [0, 0.05) is 22.0 Å². The van der Waals surface area contributed by atoms with Crippen LogP contribution in [0.5, 0.6) is 11.8 Å². The summed E-state index contributed by atoms with van der Waals surface area (Å²) in [7, 11) is 3.11. The molecule has 2 heterocycles. The SMILES string of the molecule is COc1cc(OC)nc(CSc2ccc(NC(=O)CSc3nc(C)cc(C)n3)cc2)n1. The van der Waals surface area contributed by atoms with Crippen LogP contribution in [0, 0.1) is 13.8 Å². The molecule has 162 valence electrons. The van der Waals surface area contributed by atoms with Crippen LogP contribution in [-0.2, 0) is 10.5 Å². The molecule has 2 aromatic heterocycles. The van der Waals surface area contributed by atoms with Gasteiger partial charge in [0.1, 0.15) is 5.82 Å². The first-order chi connectivity index (χ1) is 14.9. The summed E-state index contributed by atoms with van der Waals surface area (Å²) in [5.41, 5.74) is 2.51. The van der Waals surface area contributed by atoms with E-state index in [1.807, 2.05) is 44.2 Å². The molecule has 1 aromatic carbocycles. The van der Waals surface area contributed by atoms with Gasteiger partial charge in [0.25, 0.3) is 0 Å². The molecule has 0 saturated heterocycles.